The van der Waals surface area contributed by atoms with Crippen LogP contribution in [0.1, 0.15) is 53.7 Å². The molecule has 3 aromatic rings. The van der Waals surface area contributed by atoms with Gasteiger partial charge >= 0.3 is 0 Å². The maximum atomic E-state index is 12.7. The number of hydrogen-bond donors (Lipinski definition) is 1. The molecule has 0 aliphatic rings. The van der Waals surface area contributed by atoms with Crippen molar-refractivity contribution >= 4 is 11.5 Å². The lowest BCUT2D eigenvalue weighted by Gasteiger charge is -2.20. The maximum Gasteiger partial charge on any atom is 0.165 e. The predicted octanol–water partition coefficient (Wildman–Crippen LogP) is 6.24. The third kappa shape index (κ3) is 4.60. The van der Waals surface area contributed by atoms with Gasteiger partial charge in [0.25, 0.3) is 0 Å². The normalized spacial score (nSPS) is 12.0. The molecule has 1 N–H and O–H groups in total. The largest absolute Gasteiger partial charge is 0.378 e. The number of carbonyl (C=O) groups excluding carboxylic acids is 1. The van der Waals surface area contributed by atoms with Crippen LogP contribution in [0.4, 0.5) is 5.69 Å². The number of Topliss-reactive ketones (excluding diaryl/α,β-unsaturated/α-hetero) is 1. The van der Waals surface area contributed by atoms with Crippen LogP contribution in [-0.2, 0) is 0 Å². The third-order valence-electron chi connectivity index (χ3n) is 4.61. The Morgan fingerprint density at radius 1 is 0.769 bits per heavy atom. The van der Waals surface area contributed by atoms with Crippen LogP contribution in [0.5, 0.6) is 0 Å². The van der Waals surface area contributed by atoms with Crippen LogP contribution in [0, 0.1) is 0 Å². The van der Waals surface area contributed by atoms with E-state index < -0.39 is 0 Å². The molecule has 26 heavy (non-hydrogen) atoms. The first-order chi connectivity index (χ1) is 12.6. The molecule has 2 nitrogen and oxygen atoms in total. The van der Waals surface area contributed by atoms with Crippen LogP contribution in [0.2, 0.25) is 0 Å². The Labute approximate surface area is 155 Å². The standard InChI is InChI=1S/C24H25NO/c1-18(2)19-13-15-22(16-14-19)25-23(20-9-5-3-6-10-20)17-24(26)21-11-7-4-8-12-21/h3-16,18,23,25H,17H2,1-2H3. The first-order valence-corrected chi connectivity index (χ1v) is 9.13. The summed E-state index contributed by atoms with van der Waals surface area (Å²) in [6, 6.07) is 28.1. The van der Waals surface area contributed by atoms with E-state index in [2.05, 4.69) is 55.6 Å². The number of nitrogens with one attached hydrogen (secondary N) is 1. The summed E-state index contributed by atoms with van der Waals surface area (Å²) in [5, 5.41) is 3.54. The zero-order valence-electron chi connectivity index (χ0n) is 15.4. The molecule has 3 aromatic carbocycles. The zero-order chi connectivity index (χ0) is 18.4. The molecule has 0 amide bonds. The van der Waals surface area contributed by atoms with Gasteiger partial charge in [0.1, 0.15) is 0 Å². The average Bonchev–Trinajstić information content (AvgIpc) is 2.69. The molecule has 0 saturated heterocycles. The van der Waals surface area contributed by atoms with Crippen molar-refractivity contribution in [2.45, 2.75) is 32.2 Å². The highest BCUT2D eigenvalue weighted by molar-refractivity contribution is 5.96. The Kier molecular flexibility index (Phi) is 5.85. The molecule has 132 valence electrons. The molecule has 1 unspecified atom stereocenters. The van der Waals surface area contributed by atoms with E-state index in [1.165, 1.54) is 5.56 Å². The van der Waals surface area contributed by atoms with E-state index in [0.717, 1.165) is 16.8 Å². The van der Waals surface area contributed by atoms with Crippen LogP contribution >= 0.6 is 0 Å². The Bertz CT molecular complexity index is 823. The molecule has 0 heterocycles. The smallest absolute Gasteiger partial charge is 0.165 e. The molecule has 0 spiro atoms. The van der Waals surface area contributed by atoms with Gasteiger partial charge in [-0.1, -0.05) is 86.6 Å². The topological polar surface area (TPSA) is 29.1 Å². The van der Waals surface area contributed by atoms with E-state index in [0.29, 0.717) is 12.3 Å². The highest BCUT2D eigenvalue weighted by Gasteiger charge is 2.17. The van der Waals surface area contributed by atoms with Crippen molar-refractivity contribution in [2.24, 2.45) is 0 Å². The fourth-order valence-electron chi connectivity index (χ4n) is 3.03. The van der Waals surface area contributed by atoms with Crippen molar-refractivity contribution in [3.63, 3.8) is 0 Å². The summed E-state index contributed by atoms with van der Waals surface area (Å²) in [4.78, 5) is 12.7. The quantitative estimate of drug-likeness (QED) is 0.515. The zero-order valence-corrected chi connectivity index (χ0v) is 15.4. The van der Waals surface area contributed by atoms with Gasteiger partial charge in [0.2, 0.25) is 0 Å². The van der Waals surface area contributed by atoms with Crippen LogP contribution < -0.4 is 5.32 Å². The number of carbonyl (C=O) groups is 1. The molecule has 0 aliphatic heterocycles. The van der Waals surface area contributed by atoms with E-state index in [1.807, 2.05) is 48.5 Å². The first-order valence-electron chi connectivity index (χ1n) is 9.13. The highest BCUT2D eigenvalue weighted by Crippen LogP contribution is 2.25. The van der Waals surface area contributed by atoms with Crippen molar-refractivity contribution in [3.05, 3.63) is 102 Å². The van der Waals surface area contributed by atoms with Crippen LogP contribution in [0.15, 0.2) is 84.9 Å². The number of ketones is 1. The van der Waals surface area contributed by atoms with E-state index >= 15 is 0 Å². The minimum Gasteiger partial charge on any atom is -0.378 e. The summed E-state index contributed by atoms with van der Waals surface area (Å²) in [6.07, 6.45) is 0.417. The Morgan fingerprint density at radius 2 is 1.35 bits per heavy atom. The van der Waals surface area contributed by atoms with Gasteiger partial charge in [-0.15, -0.1) is 0 Å². The van der Waals surface area contributed by atoms with Gasteiger partial charge in [-0.05, 0) is 29.2 Å². The minimum atomic E-state index is -0.0613. The lowest BCUT2D eigenvalue weighted by atomic mass is 9.97. The summed E-state index contributed by atoms with van der Waals surface area (Å²) in [7, 11) is 0. The van der Waals surface area contributed by atoms with E-state index in [9.17, 15) is 4.79 Å². The number of anilines is 1. The van der Waals surface area contributed by atoms with Gasteiger partial charge in [0.05, 0.1) is 6.04 Å². The second-order valence-corrected chi connectivity index (χ2v) is 6.88. The lowest BCUT2D eigenvalue weighted by molar-refractivity contribution is 0.0976. The first kappa shape index (κ1) is 17.9. The summed E-state index contributed by atoms with van der Waals surface area (Å²) in [5.74, 6) is 0.652. The number of benzene rings is 3. The number of rotatable bonds is 7. The second-order valence-electron chi connectivity index (χ2n) is 6.88. The van der Waals surface area contributed by atoms with Crippen molar-refractivity contribution in [1.29, 1.82) is 0 Å². The molecule has 0 bridgehead atoms. The van der Waals surface area contributed by atoms with Crippen molar-refractivity contribution in [3.8, 4) is 0 Å². The fraction of sp³-hybridized carbons (Fsp3) is 0.208. The highest BCUT2D eigenvalue weighted by atomic mass is 16.1. The van der Waals surface area contributed by atoms with Crippen molar-refractivity contribution < 1.29 is 4.79 Å². The summed E-state index contributed by atoms with van der Waals surface area (Å²) >= 11 is 0. The van der Waals surface area contributed by atoms with Crippen molar-refractivity contribution in [1.82, 2.24) is 0 Å². The van der Waals surface area contributed by atoms with Gasteiger partial charge < -0.3 is 5.32 Å². The summed E-state index contributed by atoms with van der Waals surface area (Å²) < 4.78 is 0. The van der Waals surface area contributed by atoms with Gasteiger partial charge in [0.15, 0.2) is 5.78 Å². The summed E-state index contributed by atoms with van der Waals surface area (Å²) in [6.45, 7) is 4.38. The van der Waals surface area contributed by atoms with Gasteiger partial charge in [-0.25, -0.2) is 0 Å². The molecule has 1 atom stereocenters. The van der Waals surface area contributed by atoms with Crippen molar-refractivity contribution in [2.75, 3.05) is 5.32 Å². The van der Waals surface area contributed by atoms with E-state index in [-0.39, 0.29) is 11.8 Å². The van der Waals surface area contributed by atoms with Gasteiger partial charge in [-0.3, -0.25) is 4.79 Å². The average molecular weight is 343 g/mol. The molecular weight excluding hydrogens is 318 g/mol. The third-order valence-corrected chi connectivity index (χ3v) is 4.61. The Balaban J connectivity index is 1.81. The fourth-order valence-corrected chi connectivity index (χ4v) is 3.03. The monoisotopic (exact) mass is 343 g/mol. The maximum absolute atomic E-state index is 12.7. The van der Waals surface area contributed by atoms with Gasteiger partial charge in [-0.2, -0.15) is 0 Å². The number of hydrogen-bond acceptors (Lipinski definition) is 2. The summed E-state index contributed by atoms with van der Waals surface area (Å²) in [5.41, 5.74) is 4.21. The predicted molar refractivity (Wildman–Crippen MR) is 109 cm³/mol. The molecule has 3 rings (SSSR count). The SMILES string of the molecule is CC(C)c1ccc(NC(CC(=O)c2ccccc2)c2ccccc2)cc1. The molecule has 0 saturated carbocycles. The molecule has 0 fully saturated rings. The van der Waals surface area contributed by atoms with E-state index in [1.54, 1.807) is 0 Å². The Hall–Kier alpha value is -2.87. The Morgan fingerprint density at radius 3 is 1.92 bits per heavy atom. The minimum absolute atomic E-state index is 0.0613. The van der Waals surface area contributed by atoms with E-state index in [4.69, 9.17) is 0 Å². The van der Waals surface area contributed by atoms with Crippen LogP contribution in [0.25, 0.3) is 0 Å². The van der Waals surface area contributed by atoms with Crippen LogP contribution in [0.3, 0.4) is 0 Å². The molecular formula is C24H25NO. The molecule has 0 radical (unpaired) electrons. The van der Waals surface area contributed by atoms with Crippen LogP contribution in [-0.4, -0.2) is 5.78 Å². The molecule has 2 heteroatoms. The lowest BCUT2D eigenvalue weighted by Crippen LogP contribution is -2.15. The van der Waals surface area contributed by atoms with Gasteiger partial charge in [0, 0.05) is 17.7 Å². The molecule has 0 aliphatic carbocycles. The second kappa shape index (κ2) is 8.48. The molecule has 0 aromatic heterocycles.